The molecule has 2 aromatic rings. The van der Waals surface area contributed by atoms with Gasteiger partial charge >= 0.3 is 0 Å². The van der Waals surface area contributed by atoms with Crippen molar-refractivity contribution >= 4 is 52.5 Å². The maximum absolute atomic E-state index is 12.9. The summed E-state index contributed by atoms with van der Waals surface area (Å²) in [6.45, 7) is 3.30. The molecule has 2 aliphatic heterocycles. The molecule has 0 atom stereocenters. The van der Waals surface area contributed by atoms with Gasteiger partial charge < -0.3 is 9.80 Å². The molecule has 4 rings (SSSR count). The molecular weight excluding hydrogens is 460 g/mol. The van der Waals surface area contributed by atoms with Gasteiger partial charge in [0, 0.05) is 51.4 Å². The lowest BCUT2D eigenvalue weighted by atomic mass is 9.96. The number of nitrogens with zero attached hydrogens (tertiary/aromatic N) is 4. The van der Waals surface area contributed by atoms with Crippen molar-refractivity contribution in [1.29, 1.82) is 0 Å². The zero-order valence-electron chi connectivity index (χ0n) is 17.5. The van der Waals surface area contributed by atoms with Gasteiger partial charge in [-0.3, -0.25) is 4.79 Å². The van der Waals surface area contributed by atoms with E-state index in [1.807, 2.05) is 4.90 Å². The van der Waals surface area contributed by atoms with Crippen LogP contribution in [-0.2, 0) is 24.7 Å². The molecule has 0 bridgehead atoms. The molecule has 2 saturated heterocycles. The fourth-order valence-corrected chi connectivity index (χ4v) is 6.72. The standard InChI is InChI=1S/C19H26N4O5S3/c1-30(25,26)15-3-4-16-17(13-15)29-19(20-16)22-11-9-21(10-12-22)18(24)14-5-7-23(8-6-14)31(2,27)28/h3-4,13-14H,5-12H2,1-2H3. The summed E-state index contributed by atoms with van der Waals surface area (Å²) in [5.74, 6) is -0.0173. The van der Waals surface area contributed by atoms with Crippen molar-refractivity contribution in [1.82, 2.24) is 14.2 Å². The van der Waals surface area contributed by atoms with Gasteiger partial charge in [-0.15, -0.1) is 0 Å². The van der Waals surface area contributed by atoms with E-state index in [0.717, 1.165) is 15.3 Å². The lowest BCUT2D eigenvalue weighted by Gasteiger charge is -2.38. The van der Waals surface area contributed by atoms with Crippen LogP contribution in [0, 0.1) is 5.92 Å². The monoisotopic (exact) mass is 486 g/mol. The Morgan fingerprint density at radius 3 is 2.23 bits per heavy atom. The lowest BCUT2D eigenvalue weighted by Crippen LogP contribution is -2.52. The third-order valence-electron chi connectivity index (χ3n) is 5.91. The number of sulfone groups is 1. The van der Waals surface area contributed by atoms with Crippen molar-refractivity contribution in [3.05, 3.63) is 18.2 Å². The summed E-state index contributed by atoms with van der Waals surface area (Å²) in [6, 6.07) is 4.97. The van der Waals surface area contributed by atoms with E-state index in [4.69, 9.17) is 0 Å². The molecule has 1 amide bonds. The minimum atomic E-state index is -3.26. The highest BCUT2D eigenvalue weighted by Gasteiger charge is 2.33. The van der Waals surface area contributed by atoms with E-state index in [0.29, 0.717) is 52.1 Å². The van der Waals surface area contributed by atoms with Gasteiger partial charge in [-0.2, -0.15) is 0 Å². The quantitative estimate of drug-likeness (QED) is 0.635. The first-order chi connectivity index (χ1) is 14.5. The molecule has 31 heavy (non-hydrogen) atoms. The van der Waals surface area contributed by atoms with Crippen molar-refractivity contribution in [3.63, 3.8) is 0 Å². The Balaban J connectivity index is 1.37. The summed E-state index contributed by atoms with van der Waals surface area (Å²) in [5, 5.41) is 0.828. The van der Waals surface area contributed by atoms with Crippen molar-refractivity contribution in [2.45, 2.75) is 17.7 Å². The normalized spacial score (nSPS) is 19.8. The van der Waals surface area contributed by atoms with Gasteiger partial charge in [0.15, 0.2) is 15.0 Å². The molecule has 9 nitrogen and oxygen atoms in total. The van der Waals surface area contributed by atoms with Gasteiger partial charge in [0.1, 0.15) is 0 Å². The molecule has 0 saturated carbocycles. The first kappa shape index (κ1) is 22.4. The molecule has 2 aliphatic rings. The molecule has 170 valence electrons. The smallest absolute Gasteiger partial charge is 0.225 e. The van der Waals surface area contributed by atoms with Crippen LogP contribution in [-0.4, -0.2) is 88.7 Å². The fourth-order valence-electron chi connectivity index (χ4n) is 4.07. The Labute approximate surface area is 186 Å². The maximum atomic E-state index is 12.9. The van der Waals surface area contributed by atoms with Gasteiger partial charge in [-0.1, -0.05) is 11.3 Å². The summed E-state index contributed by atoms with van der Waals surface area (Å²) in [6.07, 6.45) is 3.52. The molecule has 3 heterocycles. The van der Waals surface area contributed by atoms with Gasteiger partial charge in [0.2, 0.25) is 15.9 Å². The molecule has 0 unspecified atom stereocenters. The van der Waals surface area contributed by atoms with Crippen LogP contribution in [0.2, 0.25) is 0 Å². The van der Waals surface area contributed by atoms with Crippen molar-refractivity contribution in [2.75, 3.05) is 56.7 Å². The molecule has 1 aromatic carbocycles. The second kappa shape index (κ2) is 8.30. The van der Waals surface area contributed by atoms with Gasteiger partial charge in [0.05, 0.1) is 21.4 Å². The minimum Gasteiger partial charge on any atom is -0.345 e. The fraction of sp³-hybridized carbons (Fsp3) is 0.579. The maximum Gasteiger partial charge on any atom is 0.225 e. The van der Waals surface area contributed by atoms with Crippen LogP contribution < -0.4 is 4.90 Å². The number of amides is 1. The minimum absolute atomic E-state index is 0.106. The number of carbonyl (C=O) groups is 1. The summed E-state index contributed by atoms with van der Waals surface area (Å²) in [5.41, 5.74) is 0.767. The molecule has 0 N–H and O–H groups in total. The van der Waals surface area contributed by atoms with E-state index in [1.165, 1.54) is 28.2 Å². The molecule has 0 spiro atoms. The Kier molecular flexibility index (Phi) is 6.01. The second-order valence-corrected chi connectivity index (χ2v) is 13.2. The first-order valence-electron chi connectivity index (χ1n) is 10.1. The average molecular weight is 487 g/mol. The predicted octanol–water partition coefficient (Wildman–Crippen LogP) is 1.02. The average Bonchev–Trinajstić information content (AvgIpc) is 3.15. The Morgan fingerprint density at radius 1 is 1.00 bits per heavy atom. The molecule has 0 aliphatic carbocycles. The number of piperazine rings is 1. The number of fused-ring (bicyclic) bond motifs is 1. The Bertz CT molecular complexity index is 1190. The van der Waals surface area contributed by atoms with Crippen LogP contribution in [0.25, 0.3) is 10.2 Å². The summed E-state index contributed by atoms with van der Waals surface area (Å²) in [4.78, 5) is 21.8. The summed E-state index contributed by atoms with van der Waals surface area (Å²) in [7, 11) is -6.46. The number of benzene rings is 1. The van der Waals surface area contributed by atoms with Crippen LogP contribution in [0.1, 0.15) is 12.8 Å². The third kappa shape index (κ3) is 4.86. The van der Waals surface area contributed by atoms with Gasteiger partial charge in [0.25, 0.3) is 0 Å². The number of anilines is 1. The number of sulfonamides is 1. The molecule has 1 aromatic heterocycles. The van der Waals surface area contributed by atoms with E-state index in [2.05, 4.69) is 9.88 Å². The number of thiazole rings is 1. The first-order valence-corrected chi connectivity index (χ1v) is 14.7. The summed E-state index contributed by atoms with van der Waals surface area (Å²) >= 11 is 1.46. The van der Waals surface area contributed by atoms with Gasteiger partial charge in [-0.25, -0.2) is 26.1 Å². The predicted molar refractivity (Wildman–Crippen MR) is 121 cm³/mol. The van der Waals surface area contributed by atoms with Crippen LogP contribution in [0.15, 0.2) is 23.1 Å². The van der Waals surface area contributed by atoms with E-state index in [-0.39, 0.29) is 16.7 Å². The van der Waals surface area contributed by atoms with Crippen LogP contribution in [0.4, 0.5) is 5.13 Å². The number of hydrogen-bond acceptors (Lipinski definition) is 8. The van der Waals surface area contributed by atoms with Crippen molar-refractivity contribution in [2.24, 2.45) is 5.92 Å². The Hall–Kier alpha value is -1.76. The molecule has 0 radical (unpaired) electrons. The third-order valence-corrected chi connectivity index (χ3v) is 9.40. The number of carbonyl (C=O) groups excluding carboxylic acids is 1. The molecule has 12 heteroatoms. The van der Waals surface area contributed by atoms with E-state index >= 15 is 0 Å². The second-order valence-electron chi connectivity index (χ2n) is 8.15. The zero-order chi connectivity index (χ0) is 22.4. The van der Waals surface area contributed by atoms with Crippen LogP contribution >= 0.6 is 11.3 Å². The van der Waals surface area contributed by atoms with E-state index in [1.54, 1.807) is 18.2 Å². The Morgan fingerprint density at radius 2 is 1.65 bits per heavy atom. The highest BCUT2D eigenvalue weighted by Crippen LogP contribution is 2.31. The zero-order valence-corrected chi connectivity index (χ0v) is 20.0. The highest BCUT2D eigenvalue weighted by molar-refractivity contribution is 7.90. The number of hydrogen-bond donors (Lipinski definition) is 0. The van der Waals surface area contributed by atoms with Crippen molar-refractivity contribution < 1.29 is 21.6 Å². The number of aromatic nitrogens is 1. The number of rotatable bonds is 4. The molecular formula is C19H26N4O5S3. The van der Waals surface area contributed by atoms with E-state index in [9.17, 15) is 21.6 Å². The van der Waals surface area contributed by atoms with Gasteiger partial charge in [-0.05, 0) is 31.0 Å². The highest BCUT2D eigenvalue weighted by atomic mass is 32.2. The largest absolute Gasteiger partial charge is 0.345 e. The summed E-state index contributed by atoms with van der Waals surface area (Å²) < 4.78 is 49.2. The number of piperidine rings is 1. The molecule has 2 fully saturated rings. The van der Waals surface area contributed by atoms with Crippen LogP contribution in [0.3, 0.4) is 0 Å². The van der Waals surface area contributed by atoms with Crippen LogP contribution in [0.5, 0.6) is 0 Å². The lowest BCUT2D eigenvalue weighted by molar-refractivity contribution is -0.137. The topological polar surface area (TPSA) is 108 Å². The SMILES string of the molecule is CS(=O)(=O)c1ccc2nc(N3CCN(C(=O)C4CCN(S(C)(=O)=O)CC4)CC3)sc2c1. The van der Waals surface area contributed by atoms with Crippen molar-refractivity contribution in [3.8, 4) is 0 Å². The van der Waals surface area contributed by atoms with E-state index < -0.39 is 19.9 Å².